The quantitative estimate of drug-likeness (QED) is 0.407. The molecular formula is C7H17N2+. The molecule has 0 aliphatic heterocycles. The Balaban J connectivity index is 3.43. The lowest BCUT2D eigenvalue weighted by molar-refractivity contribution is -0.593. The maximum Gasteiger partial charge on any atom is 0.167 e. The van der Waals surface area contributed by atoms with Gasteiger partial charge in [0.15, 0.2) is 13.1 Å². The molecule has 0 aromatic rings. The molecule has 0 spiro atoms. The van der Waals surface area contributed by atoms with Gasteiger partial charge in [-0.2, -0.15) is 0 Å². The third-order valence-electron chi connectivity index (χ3n) is 1.25. The van der Waals surface area contributed by atoms with Crippen LogP contribution in [0.2, 0.25) is 0 Å². The Labute approximate surface area is 57.6 Å². The van der Waals surface area contributed by atoms with Gasteiger partial charge in [0.1, 0.15) is 0 Å². The second kappa shape index (κ2) is 5.73. The summed E-state index contributed by atoms with van der Waals surface area (Å²) in [6.07, 6.45) is 2.38. The van der Waals surface area contributed by atoms with Gasteiger partial charge in [-0.1, -0.05) is 13.8 Å². The molecule has 0 N–H and O–H groups in total. The molecule has 0 aliphatic carbocycles. The number of hydrogen-bond acceptors (Lipinski definition) is 1. The Bertz CT molecular complexity index is 78.9. The van der Waals surface area contributed by atoms with E-state index in [1.165, 1.54) is 12.8 Å². The highest BCUT2D eigenvalue weighted by Crippen LogP contribution is 1.85. The van der Waals surface area contributed by atoms with E-state index in [9.17, 15) is 0 Å². The van der Waals surface area contributed by atoms with Crippen molar-refractivity contribution < 1.29 is 4.70 Å². The molecule has 54 valence electrons. The van der Waals surface area contributed by atoms with Crippen molar-refractivity contribution in [3.8, 4) is 0 Å². The predicted octanol–water partition coefficient (Wildman–Crippen LogP) is 1.90. The highest BCUT2D eigenvalue weighted by Gasteiger charge is 1.98. The van der Waals surface area contributed by atoms with Crippen LogP contribution in [0.1, 0.15) is 26.7 Å². The van der Waals surface area contributed by atoms with Gasteiger partial charge in [-0.3, -0.25) is 0 Å². The molecule has 0 saturated heterocycles. The van der Waals surface area contributed by atoms with Crippen LogP contribution in [0.5, 0.6) is 0 Å². The average molecular weight is 129 g/mol. The maximum absolute atomic E-state index is 4.10. The molecule has 0 aromatic heterocycles. The molecule has 0 aromatic carbocycles. The van der Waals surface area contributed by atoms with Crippen LogP contribution >= 0.6 is 0 Å². The standard InChI is InChI=1S/C7H17N2/c1-4-6-9(8-3)7-5-2/h4-7H2,1-3H3/q+1. The molecule has 0 heterocycles. The van der Waals surface area contributed by atoms with Crippen molar-refractivity contribution in [2.45, 2.75) is 26.7 Å². The second-order valence-corrected chi connectivity index (χ2v) is 2.15. The van der Waals surface area contributed by atoms with Gasteiger partial charge in [0.25, 0.3) is 0 Å². The Morgan fingerprint density at radius 1 is 1.11 bits per heavy atom. The summed E-state index contributed by atoms with van der Waals surface area (Å²) < 4.78 is 2.11. The number of rotatable bonds is 4. The van der Waals surface area contributed by atoms with Crippen LogP contribution in [0, 0.1) is 0 Å². The first-order valence-electron chi connectivity index (χ1n) is 3.69. The second-order valence-electron chi connectivity index (χ2n) is 2.15. The first kappa shape index (κ1) is 8.60. The molecule has 0 amide bonds. The molecule has 0 bridgehead atoms. The van der Waals surface area contributed by atoms with Crippen LogP contribution in [0.3, 0.4) is 0 Å². The summed E-state index contributed by atoms with van der Waals surface area (Å²) in [4.78, 5) is 0. The zero-order valence-electron chi connectivity index (χ0n) is 6.72. The van der Waals surface area contributed by atoms with Gasteiger partial charge >= 0.3 is 0 Å². The summed E-state index contributed by atoms with van der Waals surface area (Å²) in [5.74, 6) is 0. The smallest absolute Gasteiger partial charge is 0.128 e. The molecule has 9 heavy (non-hydrogen) atoms. The van der Waals surface area contributed by atoms with Crippen LogP contribution in [0.4, 0.5) is 0 Å². The molecule has 0 atom stereocenters. The van der Waals surface area contributed by atoms with Crippen molar-refractivity contribution in [2.24, 2.45) is 5.11 Å². The Hall–Kier alpha value is -0.400. The van der Waals surface area contributed by atoms with Crippen LogP contribution in [-0.4, -0.2) is 24.8 Å². The molecule has 0 rings (SSSR count). The van der Waals surface area contributed by atoms with Crippen LogP contribution < -0.4 is 0 Å². The Morgan fingerprint density at radius 3 is 1.78 bits per heavy atom. The molecule has 0 fully saturated rings. The molecular weight excluding hydrogens is 112 g/mol. The molecule has 0 unspecified atom stereocenters. The van der Waals surface area contributed by atoms with Crippen molar-refractivity contribution in [1.82, 2.24) is 0 Å². The molecule has 0 saturated carbocycles. The van der Waals surface area contributed by atoms with Crippen LogP contribution in [-0.2, 0) is 0 Å². The van der Waals surface area contributed by atoms with E-state index in [1.54, 1.807) is 0 Å². The van der Waals surface area contributed by atoms with E-state index in [-0.39, 0.29) is 0 Å². The van der Waals surface area contributed by atoms with Crippen molar-refractivity contribution in [1.29, 1.82) is 0 Å². The van der Waals surface area contributed by atoms with Gasteiger partial charge in [0.05, 0.1) is 7.05 Å². The largest absolute Gasteiger partial charge is 0.167 e. The lowest BCUT2D eigenvalue weighted by Gasteiger charge is -1.93. The predicted molar refractivity (Wildman–Crippen MR) is 38.9 cm³/mol. The van der Waals surface area contributed by atoms with Gasteiger partial charge in [0.2, 0.25) is 0 Å². The number of nitrogens with zero attached hydrogens (tertiary/aromatic N) is 2. The van der Waals surface area contributed by atoms with Crippen molar-refractivity contribution >= 4 is 0 Å². The number of azo groups is 2. The molecule has 0 radical (unpaired) electrons. The fraction of sp³-hybridized carbons (Fsp3) is 1.00. The molecule has 2 nitrogen and oxygen atoms in total. The summed E-state index contributed by atoms with van der Waals surface area (Å²) in [7, 11) is 1.85. The van der Waals surface area contributed by atoms with Gasteiger partial charge in [-0.05, 0) is 5.11 Å². The minimum absolute atomic E-state index is 1.10. The monoisotopic (exact) mass is 129 g/mol. The highest BCUT2D eigenvalue weighted by atomic mass is 15.2. The lowest BCUT2D eigenvalue weighted by Crippen LogP contribution is -2.10. The third kappa shape index (κ3) is 4.13. The average Bonchev–Trinajstić information content (AvgIpc) is 1.88. The third-order valence-corrected chi connectivity index (χ3v) is 1.25. The van der Waals surface area contributed by atoms with E-state index in [1.807, 2.05) is 7.05 Å². The van der Waals surface area contributed by atoms with E-state index < -0.39 is 0 Å². The SMILES string of the molecule is CCC[N+](CCC)=NC. The van der Waals surface area contributed by atoms with Crippen molar-refractivity contribution in [3.05, 3.63) is 0 Å². The summed E-state index contributed by atoms with van der Waals surface area (Å²) in [5, 5.41) is 4.10. The first-order valence-corrected chi connectivity index (χ1v) is 3.69. The zero-order chi connectivity index (χ0) is 7.11. The highest BCUT2D eigenvalue weighted by molar-refractivity contribution is 4.22. The van der Waals surface area contributed by atoms with E-state index in [2.05, 4.69) is 23.7 Å². The summed E-state index contributed by atoms with van der Waals surface area (Å²) >= 11 is 0. The van der Waals surface area contributed by atoms with E-state index in [0.717, 1.165) is 13.1 Å². The van der Waals surface area contributed by atoms with E-state index in [0.29, 0.717) is 0 Å². The van der Waals surface area contributed by atoms with E-state index >= 15 is 0 Å². The maximum atomic E-state index is 4.10. The Morgan fingerprint density at radius 2 is 1.56 bits per heavy atom. The van der Waals surface area contributed by atoms with Crippen LogP contribution in [0.15, 0.2) is 5.11 Å². The molecule has 2 heteroatoms. The lowest BCUT2D eigenvalue weighted by atomic mass is 10.4. The fourth-order valence-corrected chi connectivity index (χ4v) is 0.828. The fourth-order valence-electron chi connectivity index (χ4n) is 0.828. The van der Waals surface area contributed by atoms with E-state index in [4.69, 9.17) is 0 Å². The topological polar surface area (TPSA) is 15.4 Å². The van der Waals surface area contributed by atoms with Gasteiger partial charge in [0, 0.05) is 12.8 Å². The van der Waals surface area contributed by atoms with Crippen molar-refractivity contribution in [2.75, 3.05) is 20.1 Å². The summed E-state index contributed by atoms with van der Waals surface area (Å²) in [6.45, 7) is 6.55. The zero-order valence-corrected chi connectivity index (χ0v) is 6.72. The van der Waals surface area contributed by atoms with Crippen molar-refractivity contribution in [3.63, 3.8) is 0 Å². The normalized spacial score (nSPS) is 9.22. The minimum atomic E-state index is 1.10. The summed E-state index contributed by atoms with van der Waals surface area (Å²) in [5.41, 5.74) is 0. The number of hydrogen-bond donors (Lipinski definition) is 0. The van der Waals surface area contributed by atoms with Crippen LogP contribution in [0.25, 0.3) is 0 Å². The molecule has 0 aliphatic rings. The Kier molecular flexibility index (Phi) is 5.48. The van der Waals surface area contributed by atoms with Gasteiger partial charge in [-0.25, -0.2) is 0 Å². The van der Waals surface area contributed by atoms with Gasteiger partial charge < -0.3 is 0 Å². The first-order chi connectivity index (χ1) is 4.35. The van der Waals surface area contributed by atoms with Gasteiger partial charge in [-0.15, -0.1) is 4.70 Å². The minimum Gasteiger partial charge on any atom is -0.128 e. The summed E-state index contributed by atoms with van der Waals surface area (Å²) in [6, 6.07) is 0.